The Labute approximate surface area is 161 Å². The summed E-state index contributed by atoms with van der Waals surface area (Å²) >= 11 is 0. The number of hydrogen-bond acceptors (Lipinski definition) is 4. The number of para-hydroxylation sites is 2. The number of hydrogen-bond donors (Lipinski definition) is 2. The first kappa shape index (κ1) is 19.7. The zero-order valence-corrected chi connectivity index (χ0v) is 16.0. The Morgan fingerprint density at radius 3 is 2.44 bits per heavy atom. The van der Waals surface area contributed by atoms with Gasteiger partial charge in [0, 0.05) is 25.0 Å². The van der Waals surface area contributed by atoms with E-state index in [0.717, 1.165) is 45.1 Å². The Morgan fingerprint density at radius 1 is 1.07 bits per heavy atom. The van der Waals surface area contributed by atoms with Crippen LogP contribution >= 0.6 is 0 Å². The molecule has 1 aliphatic carbocycles. The number of carbonyl (C=O) groups excluding carboxylic acids is 2. The van der Waals surface area contributed by atoms with E-state index in [9.17, 15) is 9.59 Å². The third-order valence-corrected chi connectivity index (χ3v) is 5.44. The molecular formula is C21H30N2O4. The molecule has 0 bridgehead atoms. The molecule has 0 spiro atoms. The summed E-state index contributed by atoms with van der Waals surface area (Å²) in [4.78, 5) is 25.0. The smallest absolute Gasteiger partial charge is 0.227 e. The van der Waals surface area contributed by atoms with E-state index in [2.05, 4.69) is 10.6 Å². The number of benzene rings is 1. The standard InChI is InChI=1S/C21H30N2O4/c1-2-26-19-8-4-3-7-18(19)23-21(25)16-11-9-15(10-12-16)20(24)22-14-17-6-5-13-27-17/h3-4,7-8,15-17H,2,5-6,9-14H2,1H3,(H,22,24)(H,23,25). The Morgan fingerprint density at radius 2 is 1.78 bits per heavy atom. The summed E-state index contributed by atoms with van der Waals surface area (Å²) in [5.41, 5.74) is 0.709. The first-order chi connectivity index (χ1) is 13.2. The quantitative estimate of drug-likeness (QED) is 0.769. The topological polar surface area (TPSA) is 76.7 Å². The maximum atomic E-state index is 12.6. The molecule has 27 heavy (non-hydrogen) atoms. The van der Waals surface area contributed by atoms with Crippen LogP contribution in [0.4, 0.5) is 5.69 Å². The minimum absolute atomic E-state index is 0.00571. The van der Waals surface area contributed by atoms with E-state index in [1.54, 1.807) is 0 Å². The van der Waals surface area contributed by atoms with E-state index in [4.69, 9.17) is 9.47 Å². The summed E-state index contributed by atoms with van der Waals surface area (Å²) < 4.78 is 11.1. The fraction of sp³-hybridized carbons (Fsp3) is 0.619. The summed E-state index contributed by atoms with van der Waals surface area (Å²) in [5, 5.41) is 6.01. The van der Waals surface area contributed by atoms with Gasteiger partial charge in [0.1, 0.15) is 5.75 Å². The molecule has 1 saturated heterocycles. The van der Waals surface area contributed by atoms with Crippen LogP contribution in [0.25, 0.3) is 0 Å². The lowest BCUT2D eigenvalue weighted by Gasteiger charge is -2.27. The highest BCUT2D eigenvalue weighted by atomic mass is 16.5. The number of rotatable bonds is 7. The summed E-state index contributed by atoms with van der Waals surface area (Å²) in [6.07, 6.45) is 5.25. The first-order valence-electron chi connectivity index (χ1n) is 10.1. The van der Waals surface area contributed by atoms with Crippen LogP contribution in [0.1, 0.15) is 45.4 Å². The van der Waals surface area contributed by atoms with Crippen LogP contribution in [-0.2, 0) is 14.3 Å². The molecule has 3 rings (SSSR count). The highest BCUT2D eigenvalue weighted by Crippen LogP contribution is 2.31. The van der Waals surface area contributed by atoms with Crippen molar-refractivity contribution in [1.82, 2.24) is 5.32 Å². The molecule has 0 aromatic heterocycles. The molecule has 2 N–H and O–H groups in total. The molecule has 148 valence electrons. The van der Waals surface area contributed by atoms with Crippen LogP contribution in [-0.4, -0.2) is 37.7 Å². The molecule has 2 aliphatic rings. The van der Waals surface area contributed by atoms with E-state index in [1.165, 1.54) is 0 Å². The van der Waals surface area contributed by atoms with Crippen LogP contribution in [0, 0.1) is 11.8 Å². The fourth-order valence-corrected chi connectivity index (χ4v) is 3.87. The van der Waals surface area contributed by atoms with Gasteiger partial charge >= 0.3 is 0 Å². The van der Waals surface area contributed by atoms with Crippen molar-refractivity contribution in [1.29, 1.82) is 0 Å². The lowest BCUT2D eigenvalue weighted by atomic mass is 9.81. The Balaban J connectivity index is 1.44. The van der Waals surface area contributed by atoms with Gasteiger partial charge < -0.3 is 20.1 Å². The predicted octanol–water partition coefficient (Wildman–Crippen LogP) is 3.13. The van der Waals surface area contributed by atoms with Crippen molar-refractivity contribution >= 4 is 17.5 Å². The van der Waals surface area contributed by atoms with Gasteiger partial charge in [-0.05, 0) is 57.6 Å². The van der Waals surface area contributed by atoms with Gasteiger partial charge in [-0.3, -0.25) is 9.59 Å². The monoisotopic (exact) mass is 374 g/mol. The summed E-state index contributed by atoms with van der Waals surface area (Å²) in [6, 6.07) is 7.48. The highest BCUT2D eigenvalue weighted by molar-refractivity contribution is 5.94. The first-order valence-corrected chi connectivity index (χ1v) is 10.1. The highest BCUT2D eigenvalue weighted by Gasteiger charge is 2.30. The molecule has 6 nitrogen and oxygen atoms in total. The molecule has 1 aromatic carbocycles. The molecule has 2 amide bonds. The lowest BCUT2D eigenvalue weighted by Crippen LogP contribution is -2.38. The van der Waals surface area contributed by atoms with Crippen molar-refractivity contribution in [2.45, 2.75) is 51.6 Å². The summed E-state index contributed by atoms with van der Waals surface area (Å²) in [6.45, 7) is 3.88. The molecule has 1 unspecified atom stereocenters. The number of anilines is 1. The minimum Gasteiger partial charge on any atom is -0.492 e. The molecule has 1 aliphatic heterocycles. The minimum atomic E-state index is -0.0538. The summed E-state index contributed by atoms with van der Waals surface area (Å²) in [7, 11) is 0. The van der Waals surface area contributed by atoms with Crippen molar-refractivity contribution < 1.29 is 19.1 Å². The van der Waals surface area contributed by atoms with E-state index in [1.807, 2.05) is 31.2 Å². The van der Waals surface area contributed by atoms with Gasteiger partial charge in [0.15, 0.2) is 0 Å². The van der Waals surface area contributed by atoms with Crippen LogP contribution in [0.15, 0.2) is 24.3 Å². The molecule has 1 atom stereocenters. The van der Waals surface area contributed by atoms with Crippen molar-refractivity contribution in [3.8, 4) is 5.75 Å². The number of nitrogens with one attached hydrogen (secondary N) is 2. The lowest BCUT2D eigenvalue weighted by molar-refractivity contribution is -0.128. The van der Waals surface area contributed by atoms with E-state index < -0.39 is 0 Å². The fourth-order valence-electron chi connectivity index (χ4n) is 3.87. The Bertz CT molecular complexity index is 635. The van der Waals surface area contributed by atoms with Crippen molar-refractivity contribution in [3.05, 3.63) is 24.3 Å². The van der Waals surface area contributed by atoms with Crippen LogP contribution in [0.2, 0.25) is 0 Å². The maximum Gasteiger partial charge on any atom is 0.227 e. The average Bonchev–Trinajstić information content (AvgIpc) is 3.21. The number of carbonyl (C=O) groups is 2. The SMILES string of the molecule is CCOc1ccccc1NC(=O)C1CCC(C(=O)NCC2CCCO2)CC1. The van der Waals surface area contributed by atoms with Crippen molar-refractivity contribution in [2.75, 3.05) is 25.1 Å². The predicted molar refractivity (Wildman–Crippen MR) is 104 cm³/mol. The second kappa shape index (κ2) is 9.74. The van der Waals surface area contributed by atoms with Gasteiger partial charge in [0.05, 0.1) is 18.4 Å². The summed E-state index contributed by atoms with van der Waals surface area (Å²) in [5.74, 6) is 0.759. The third kappa shape index (κ3) is 5.45. The van der Waals surface area contributed by atoms with Crippen LogP contribution in [0.3, 0.4) is 0 Å². The van der Waals surface area contributed by atoms with E-state index in [-0.39, 0.29) is 29.8 Å². The normalized spacial score (nSPS) is 25.0. The third-order valence-electron chi connectivity index (χ3n) is 5.44. The molecule has 2 fully saturated rings. The van der Waals surface area contributed by atoms with Gasteiger partial charge in [-0.2, -0.15) is 0 Å². The largest absolute Gasteiger partial charge is 0.492 e. The van der Waals surface area contributed by atoms with Crippen LogP contribution in [0.5, 0.6) is 5.75 Å². The average molecular weight is 374 g/mol. The maximum absolute atomic E-state index is 12.6. The van der Waals surface area contributed by atoms with Gasteiger partial charge in [0.25, 0.3) is 0 Å². The zero-order chi connectivity index (χ0) is 19.1. The number of ether oxygens (including phenoxy) is 2. The molecule has 0 radical (unpaired) electrons. The van der Waals surface area contributed by atoms with Gasteiger partial charge in [-0.1, -0.05) is 12.1 Å². The second-order valence-corrected chi connectivity index (χ2v) is 7.35. The molecule has 1 aromatic rings. The Kier molecular flexibility index (Phi) is 7.10. The number of amides is 2. The van der Waals surface area contributed by atoms with Crippen LogP contribution < -0.4 is 15.4 Å². The molecule has 1 saturated carbocycles. The van der Waals surface area contributed by atoms with Crippen molar-refractivity contribution in [3.63, 3.8) is 0 Å². The Hall–Kier alpha value is -2.08. The van der Waals surface area contributed by atoms with Gasteiger partial charge in [-0.15, -0.1) is 0 Å². The van der Waals surface area contributed by atoms with Gasteiger partial charge in [-0.25, -0.2) is 0 Å². The van der Waals surface area contributed by atoms with Gasteiger partial charge in [0.2, 0.25) is 11.8 Å². The van der Waals surface area contributed by atoms with Crippen molar-refractivity contribution in [2.24, 2.45) is 11.8 Å². The second-order valence-electron chi connectivity index (χ2n) is 7.35. The zero-order valence-electron chi connectivity index (χ0n) is 16.0. The molecule has 6 heteroatoms. The molecule has 1 heterocycles. The van der Waals surface area contributed by atoms with E-state index in [0.29, 0.717) is 24.6 Å². The molecular weight excluding hydrogens is 344 g/mol. The van der Waals surface area contributed by atoms with E-state index >= 15 is 0 Å².